The van der Waals surface area contributed by atoms with E-state index in [1.54, 1.807) is 0 Å². The lowest BCUT2D eigenvalue weighted by molar-refractivity contribution is -0.248. The summed E-state index contributed by atoms with van der Waals surface area (Å²) in [6.07, 6.45) is 0. The summed E-state index contributed by atoms with van der Waals surface area (Å²) in [7, 11) is 0. The highest BCUT2D eigenvalue weighted by Gasteiger charge is 2.56. The van der Waals surface area contributed by atoms with Gasteiger partial charge >= 0.3 is 0 Å². The smallest absolute Gasteiger partial charge is 0.169 e. The third-order valence-electron chi connectivity index (χ3n) is 3.76. The Morgan fingerprint density at radius 1 is 1.12 bits per heavy atom. The van der Waals surface area contributed by atoms with Crippen LogP contribution in [-0.2, 0) is 16.0 Å². The molecular formula is C14H19NO2. The minimum Gasteiger partial charge on any atom is -0.372 e. The van der Waals surface area contributed by atoms with Crippen molar-refractivity contribution in [2.45, 2.75) is 31.7 Å². The van der Waals surface area contributed by atoms with Crippen molar-refractivity contribution in [2.75, 3.05) is 19.8 Å². The maximum atomic E-state index is 5.98. The Balaban J connectivity index is 1.84. The molecular weight excluding hydrogens is 214 g/mol. The highest BCUT2D eigenvalue weighted by molar-refractivity contribution is 5.16. The van der Waals surface area contributed by atoms with Crippen molar-refractivity contribution < 1.29 is 9.47 Å². The quantitative estimate of drug-likeness (QED) is 0.780. The lowest BCUT2D eigenvalue weighted by Crippen LogP contribution is -2.62. The van der Waals surface area contributed by atoms with Gasteiger partial charge in [0.25, 0.3) is 0 Å². The minimum absolute atomic E-state index is 0.0830. The van der Waals surface area contributed by atoms with Crippen LogP contribution >= 0.6 is 0 Å². The summed E-state index contributed by atoms with van der Waals surface area (Å²) >= 11 is 0. The van der Waals surface area contributed by atoms with Gasteiger partial charge in [-0.15, -0.1) is 0 Å². The zero-order valence-electron chi connectivity index (χ0n) is 10.5. The topological polar surface area (TPSA) is 21.7 Å². The lowest BCUT2D eigenvalue weighted by Gasteiger charge is -2.47. The van der Waals surface area contributed by atoms with Crippen LogP contribution in [0.3, 0.4) is 0 Å². The predicted molar refractivity (Wildman–Crippen MR) is 65.6 cm³/mol. The normalized spacial score (nSPS) is 26.0. The van der Waals surface area contributed by atoms with Crippen LogP contribution < -0.4 is 0 Å². The van der Waals surface area contributed by atoms with Gasteiger partial charge < -0.3 is 9.47 Å². The average molecular weight is 233 g/mol. The van der Waals surface area contributed by atoms with Crippen molar-refractivity contribution in [1.82, 2.24) is 4.90 Å². The van der Waals surface area contributed by atoms with Crippen molar-refractivity contribution in [3.8, 4) is 0 Å². The molecule has 2 heterocycles. The first-order valence-corrected chi connectivity index (χ1v) is 6.16. The second-order valence-corrected chi connectivity index (χ2v) is 5.61. The second-order valence-electron chi connectivity index (χ2n) is 5.61. The molecule has 0 aromatic heterocycles. The Morgan fingerprint density at radius 2 is 1.82 bits per heavy atom. The first-order chi connectivity index (χ1) is 8.12. The van der Waals surface area contributed by atoms with Gasteiger partial charge in [0.2, 0.25) is 0 Å². The van der Waals surface area contributed by atoms with Crippen molar-refractivity contribution >= 4 is 0 Å². The van der Waals surface area contributed by atoms with Gasteiger partial charge in [0.05, 0.1) is 19.8 Å². The van der Waals surface area contributed by atoms with Crippen molar-refractivity contribution in [2.24, 2.45) is 0 Å². The van der Waals surface area contributed by atoms with Gasteiger partial charge in [0, 0.05) is 12.1 Å². The monoisotopic (exact) mass is 233 g/mol. The van der Waals surface area contributed by atoms with E-state index < -0.39 is 0 Å². The van der Waals surface area contributed by atoms with E-state index in [4.69, 9.17) is 9.47 Å². The number of nitrogens with zero attached hydrogens (tertiary/aromatic N) is 1. The van der Waals surface area contributed by atoms with Gasteiger partial charge in [-0.05, 0) is 19.4 Å². The summed E-state index contributed by atoms with van der Waals surface area (Å²) in [5.41, 5.74) is 1.25. The number of hydrogen-bond acceptors (Lipinski definition) is 3. The molecule has 3 rings (SSSR count). The molecule has 0 aliphatic carbocycles. The van der Waals surface area contributed by atoms with E-state index in [1.807, 2.05) is 0 Å². The molecule has 0 unspecified atom stereocenters. The van der Waals surface area contributed by atoms with Crippen LogP contribution in [-0.4, -0.2) is 36.0 Å². The molecule has 17 heavy (non-hydrogen) atoms. The second kappa shape index (κ2) is 3.80. The molecule has 0 atom stereocenters. The van der Waals surface area contributed by atoms with E-state index in [9.17, 15) is 0 Å². The zero-order chi connectivity index (χ0) is 11.9. The Labute approximate surface area is 102 Å². The third kappa shape index (κ3) is 1.79. The van der Waals surface area contributed by atoms with Crippen LogP contribution in [0.5, 0.6) is 0 Å². The Hall–Kier alpha value is -0.900. The van der Waals surface area contributed by atoms with Crippen LogP contribution in [0.1, 0.15) is 19.4 Å². The van der Waals surface area contributed by atoms with E-state index in [0.29, 0.717) is 13.2 Å². The summed E-state index contributed by atoms with van der Waals surface area (Å²) in [5, 5.41) is 0. The standard InChI is InChI=1S/C14H19NO2/c1-13(2)9-17-14(10-16-11-14)15(13)8-12-6-4-3-5-7-12/h3-7H,8-11H2,1-2H3. The first kappa shape index (κ1) is 11.2. The van der Waals surface area contributed by atoms with Gasteiger partial charge in [0.15, 0.2) is 5.72 Å². The first-order valence-electron chi connectivity index (χ1n) is 6.16. The van der Waals surface area contributed by atoms with Crippen molar-refractivity contribution in [3.05, 3.63) is 35.9 Å². The Kier molecular flexibility index (Phi) is 2.51. The van der Waals surface area contributed by atoms with Crippen LogP contribution in [0.4, 0.5) is 0 Å². The number of rotatable bonds is 2. The molecule has 3 heteroatoms. The van der Waals surface area contributed by atoms with E-state index in [-0.39, 0.29) is 11.3 Å². The fraction of sp³-hybridized carbons (Fsp3) is 0.571. The molecule has 0 N–H and O–H groups in total. The van der Waals surface area contributed by atoms with E-state index >= 15 is 0 Å². The van der Waals surface area contributed by atoms with Crippen LogP contribution in [0.2, 0.25) is 0 Å². The molecule has 1 spiro atoms. The van der Waals surface area contributed by atoms with E-state index in [0.717, 1.165) is 13.2 Å². The third-order valence-corrected chi connectivity index (χ3v) is 3.76. The Bertz CT molecular complexity index is 398. The minimum atomic E-state index is -0.167. The molecule has 3 nitrogen and oxygen atoms in total. The molecule has 92 valence electrons. The molecule has 2 saturated heterocycles. The largest absolute Gasteiger partial charge is 0.372 e. The SMILES string of the molecule is CC1(C)COC2(COC2)N1Cc1ccccc1. The summed E-state index contributed by atoms with van der Waals surface area (Å²) < 4.78 is 11.3. The number of ether oxygens (including phenoxy) is 2. The van der Waals surface area contributed by atoms with Gasteiger partial charge in [0.1, 0.15) is 0 Å². The lowest BCUT2D eigenvalue weighted by atomic mass is 10.00. The molecule has 2 aliphatic rings. The molecule has 1 aromatic rings. The van der Waals surface area contributed by atoms with Gasteiger partial charge in [-0.1, -0.05) is 30.3 Å². The maximum Gasteiger partial charge on any atom is 0.169 e. The number of hydrogen-bond donors (Lipinski definition) is 0. The Morgan fingerprint density at radius 3 is 2.41 bits per heavy atom. The fourth-order valence-electron chi connectivity index (χ4n) is 2.66. The summed E-state index contributed by atoms with van der Waals surface area (Å²) in [4.78, 5) is 2.44. The fourth-order valence-corrected chi connectivity index (χ4v) is 2.66. The number of benzene rings is 1. The predicted octanol–water partition coefficient (Wildman–Crippen LogP) is 2.02. The molecule has 1 aromatic carbocycles. The van der Waals surface area contributed by atoms with E-state index in [2.05, 4.69) is 49.1 Å². The highest BCUT2D eigenvalue weighted by Crippen LogP contribution is 2.40. The molecule has 0 radical (unpaired) electrons. The van der Waals surface area contributed by atoms with Gasteiger partial charge in [-0.2, -0.15) is 0 Å². The van der Waals surface area contributed by atoms with Crippen molar-refractivity contribution in [1.29, 1.82) is 0 Å². The molecule has 2 aliphatic heterocycles. The van der Waals surface area contributed by atoms with Crippen LogP contribution in [0.25, 0.3) is 0 Å². The summed E-state index contributed by atoms with van der Waals surface area (Å²) in [5.74, 6) is 0. The summed E-state index contributed by atoms with van der Waals surface area (Å²) in [6, 6.07) is 10.6. The maximum absolute atomic E-state index is 5.98. The van der Waals surface area contributed by atoms with Crippen molar-refractivity contribution in [3.63, 3.8) is 0 Å². The average Bonchev–Trinajstić information content (AvgIpc) is 2.53. The molecule has 2 fully saturated rings. The van der Waals surface area contributed by atoms with E-state index in [1.165, 1.54) is 5.56 Å². The molecule has 0 saturated carbocycles. The summed E-state index contributed by atoms with van der Waals surface area (Å²) in [6.45, 7) is 7.58. The molecule has 0 bridgehead atoms. The zero-order valence-corrected chi connectivity index (χ0v) is 10.5. The van der Waals surface area contributed by atoms with Gasteiger partial charge in [-0.25, -0.2) is 0 Å². The van der Waals surface area contributed by atoms with Crippen LogP contribution in [0.15, 0.2) is 30.3 Å². The van der Waals surface area contributed by atoms with Gasteiger partial charge in [-0.3, -0.25) is 4.90 Å². The van der Waals surface area contributed by atoms with Crippen LogP contribution in [0, 0.1) is 0 Å². The molecule has 0 amide bonds. The highest BCUT2D eigenvalue weighted by atomic mass is 16.6.